The van der Waals surface area contributed by atoms with Gasteiger partial charge < -0.3 is 10.5 Å². The Morgan fingerprint density at radius 2 is 2.06 bits per heavy atom. The van der Waals surface area contributed by atoms with Gasteiger partial charge in [0.25, 0.3) is 10.2 Å². The maximum absolute atomic E-state index is 11.7. The minimum Gasteiger partial charge on any atom is -0.494 e. The molecule has 0 aliphatic heterocycles. The Balaban J connectivity index is 2.83. The molecule has 0 aromatic heterocycles. The molecule has 0 saturated carbocycles. The summed E-state index contributed by atoms with van der Waals surface area (Å²) in [5.74, 6) is 0.611. The van der Waals surface area contributed by atoms with E-state index in [9.17, 15) is 8.42 Å². The molecule has 0 saturated heterocycles. The molecule has 1 aromatic carbocycles. The number of benzene rings is 1. The smallest absolute Gasteiger partial charge is 0.299 e. The summed E-state index contributed by atoms with van der Waals surface area (Å²) in [4.78, 5) is 0. The van der Waals surface area contributed by atoms with Crippen LogP contribution < -0.4 is 19.9 Å². The van der Waals surface area contributed by atoms with Gasteiger partial charge in [-0.25, -0.2) is 0 Å². The zero-order chi connectivity index (χ0) is 13.8. The summed E-state index contributed by atoms with van der Waals surface area (Å²) < 4.78 is 33.4. The molecule has 0 bridgehead atoms. The van der Waals surface area contributed by atoms with Crippen LogP contribution >= 0.6 is 0 Å². The SMILES string of the molecule is COc1cc(N)ccc1NS(=O)(=O)NCC(C)C. The third-order valence-corrected chi connectivity index (χ3v) is 3.19. The Labute approximate surface area is 108 Å². The maximum Gasteiger partial charge on any atom is 0.299 e. The molecular weight excluding hydrogens is 254 g/mol. The van der Waals surface area contributed by atoms with E-state index in [-0.39, 0.29) is 5.92 Å². The van der Waals surface area contributed by atoms with Gasteiger partial charge in [0.05, 0.1) is 12.8 Å². The fourth-order valence-electron chi connectivity index (χ4n) is 1.25. The van der Waals surface area contributed by atoms with Gasteiger partial charge in [-0.3, -0.25) is 4.72 Å². The van der Waals surface area contributed by atoms with Gasteiger partial charge in [0.1, 0.15) is 5.75 Å². The Kier molecular flexibility index (Phi) is 4.80. The van der Waals surface area contributed by atoms with Crippen LogP contribution in [0.15, 0.2) is 18.2 Å². The second-order valence-electron chi connectivity index (χ2n) is 4.31. The molecule has 7 heteroatoms. The van der Waals surface area contributed by atoms with Gasteiger partial charge in [0.15, 0.2) is 0 Å². The Bertz CT molecular complexity index is 500. The zero-order valence-corrected chi connectivity index (χ0v) is 11.5. The predicted octanol–water partition coefficient (Wildman–Crippen LogP) is 1.18. The summed E-state index contributed by atoms with van der Waals surface area (Å²) in [6.45, 7) is 4.21. The Morgan fingerprint density at radius 3 is 2.61 bits per heavy atom. The fraction of sp³-hybridized carbons (Fsp3) is 0.455. The van der Waals surface area contributed by atoms with E-state index in [1.54, 1.807) is 18.2 Å². The summed E-state index contributed by atoms with van der Waals surface area (Å²) in [5.41, 5.74) is 6.45. The molecule has 0 unspecified atom stereocenters. The first-order valence-electron chi connectivity index (χ1n) is 5.55. The number of anilines is 2. The molecule has 1 aromatic rings. The molecule has 0 aliphatic rings. The standard InChI is InChI=1S/C11H19N3O3S/c1-8(2)7-13-18(15,16)14-10-5-4-9(12)6-11(10)17-3/h4-6,8,13-14H,7,12H2,1-3H3. The molecule has 0 radical (unpaired) electrons. The van der Waals surface area contributed by atoms with Crippen molar-refractivity contribution in [3.8, 4) is 5.75 Å². The molecule has 1 rings (SSSR count). The van der Waals surface area contributed by atoms with Gasteiger partial charge >= 0.3 is 0 Å². The quantitative estimate of drug-likeness (QED) is 0.678. The highest BCUT2D eigenvalue weighted by Gasteiger charge is 2.13. The number of nitrogen functional groups attached to an aromatic ring is 1. The van der Waals surface area contributed by atoms with Gasteiger partial charge in [-0.1, -0.05) is 13.8 Å². The molecule has 4 N–H and O–H groups in total. The van der Waals surface area contributed by atoms with Crippen molar-refractivity contribution in [1.29, 1.82) is 0 Å². The predicted molar refractivity (Wildman–Crippen MR) is 72.8 cm³/mol. The second kappa shape index (κ2) is 5.92. The van der Waals surface area contributed by atoms with Gasteiger partial charge in [0, 0.05) is 18.3 Å². The summed E-state index contributed by atoms with van der Waals surface area (Å²) in [6, 6.07) is 4.71. The summed E-state index contributed by atoms with van der Waals surface area (Å²) >= 11 is 0. The van der Waals surface area contributed by atoms with Crippen LogP contribution in [-0.2, 0) is 10.2 Å². The van der Waals surface area contributed by atoms with E-state index in [0.717, 1.165) is 0 Å². The van der Waals surface area contributed by atoms with Gasteiger partial charge in [-0.05, 0) is 18.1 Å². The summed E-state index contributed by atoms with van der Waals surface area (Å²) in [5, 5.41) is 0. The van der Waals surface area contributed by atoms with Crippen molar-refractivity contribution in [2.75, 3.05) is 24.1 Å². The zero-order valence-electron chi connectivity index (χ0n) is 10.7. The van der Waals surface area contributed by atoms with Crippen LogP contribution in [0.3, 0.4) is 0 Å². The van der Waals surface area contributed by atoms with Crippen molar-refractivity contribution in [2.24, 2.45) is 5.92 Å². The fourth-order valence-corrected chi connectivity index (χ4v) is 2.33. The van der Waals surface area contributed by atoms with Crippen molar-refractivity contribution in [3.05, 3.63) is 18.2 Å². The highest BCUT2D eigenvalue weighted by molar-refractivity contribution is 7.90. The van der Waals surface area contributed by atoms with Gasteiger partial charge in [-0.2, -0.15) is 13.1 Å². The molecule has 102 valence electrons. The molecule has 0 amide bonds. The van der Waals surface area contributed by atoms with Crippen molar-refractivity contribution >= 4 is 21.6 Å². The van der Waals surface area contributed by atoms with Gasteiger partial charge in [-0.15, -0.1) is 0 Å². The molecule has 0 aliphatic carbocycles. The number of hydrogen-bond acceptors (Lipinski definition) is 4. The highest BCUT2D eigenvalue weighted by Crippen LogP contribution is 2.27. The molecular formula is C11H19N3O3S. The van der Waals surface area contributed by atoms with E-state index in [1.165, 1.54) is 7.11 Å². The molecule has 6 nitrogen and oxygen atoms in total. The first kappa shape index (κ1) is 14.6. The minimum atomic E-state index is -3.60. The lowest BCUT2D eigenvalue weighted by molar-refractivity contribution is 0.417. The van der Waals surface area contributed by atoms with E-state index < -0.39 is 10.2 Å². The van der Waals surface area contributed by atoms with Crippen molar-refractivity contribution < 1.29 is 13.2 Å². The summed E-state index contributed by atoms with van der Waals surface area (Å²) in [6.07, 6.45) is 0. The second-order valence-corrected chi connectivity index (χ2v) is 5.81. The average molecular weight is 273 g/mol. The number of nitrogens with one attached hydrogen (secondary N) is 2. The Hall–Kier alpha value is -1.47. The number of hydrogen-bond donors (Lipinski definition) is 3. The number of nitrogens with two attached hydrogens (primary N) is 1. The Morgan fingerprint density at radius 1 is 1.39 bits per heavy atom. The lowest BCUT2D eigenvalue weighted by Gasteiger charge is -2.13. The van der Waals surface area contributed by atoms with Crippen molar-refractivity contribution in [1.82, 2.24) is 4.72 Å². The van der Waals surface area contributed by atoms with E-state index in [2.05, 4.69) is 9.44 Å². The molecule has 0 atom stereocenters. The van der Waals surface area contributed by atoms with Crippen LogP contribution in [0.4, 0.5) is 11.4 Å². The highest BCUT2D eigenvalue weighted by atomic mass is 32.2. The molecule has 0 spiro atoms. The monoisotopic (exact) mass is 273 g/mol. The third kappa shape index (κ3) is 4.42. The van der Waals surface area contributed by atoms with E-state index in [1.807, 2.05) is 13.8 Å². The maximum atomic E-state index is 11.7. The topological polar surface area (TPSA) is 93.4 Å². The number of methoxy groups -OCH3 is 1. The van der Waals surface area contributed by atoms with Crippen molar-refractivity contribution in [2.45, 2.75) is 13.8 Å². The van der Waals surface area contributed by atoms with E-state index in [0.29, 0.717) is 23.7 Å². The molecule has 0 fully saturated rings. The first-order chi connectivity index (χ1) is 8.34. The lowest BCUT2D eigenvalue weighted by atomic mass is 10.2. The number of ether oxygens (including phenoxy) is 1. The van der Waals surface area contributed by atoms with Crippen LogP contribution in [0.25, 0.3) is 0 Å². The van der Waals surface area contributed by atoms with Crippen LogP contribution in [0.1, 0.15) is 13.8 Å². The largest absolute Gasteiger partial charge is 0.494 e. The van der Waals surface area contributed by atoms with Crippen LogP contribution in [0, 0.1) is 5.92 Å². The van der Waals surface area contributed by atoms with Crippen LogP contribution in [-0.4, -0.2) is 22.1 Å². The summed E-state index contributed by atoms with van der Waals surface area (Å²) in [7, 11) is -2.14. The molecule has 0 heterocycles. The van der Waals surface area contributed by atoms with Gasteiger partial charge in [0.2, 0.25) is 0 Å². The molecule has 18 heavy (non-hydrogen) atoms. The van der Waals surface area contributed by atoms with Crippen LogP contribution in [0.2, 0.25) is 0 Å². The third-order valence-electron chi connectivity index (χ3n) is 2.15. The minimum absolute atomic E-state index is 0.231. The first-order valence-corrected chi connectivity index (χ1v) is 7.03. The normalized spacial score (nSPS) is 11.6. The number of rotatable bonds is 6. The van der Waals surface area contributed by atoms with Crippen LogP contribution in [0.5, 0.6) is 5.75 Å². The van der Waals surface area contributed by atoms with E-state index >= 15 is 0 Å². The van der Waals surface area contributed by atoms with Crippen molar-refractivity contribution in [3.63, 3.8) is 0 Å². The van der Waals surface area contributed by atoms with E-state index in [4.69, 9.17) is 10.5 Å². The lowest BCUT2D eigenvalue weighted by Crippen LogP contribution is -2.33. The average Bonchev–Trinajstić information content (AvgIpc) is 2.29.